The van der Waals surface area contributed by atoms with Crippen LogP contribution in [-0.4, -0.2) is 29.0 Å². The van der Waals surface area contributed by atoms with Gasteiger partial charge in [-0.15, -0.1) is 0 Å². The van der Waals surface area contributed by atoms with Crippen LogP contribution in [0.1, 0.15) is 24.3 Å². The minimum absolute atomic E-state index is 0.0567. The van der Waals surface area contributed by atoms with Crippen LogP contribution in [-0.2, 0) is 0 Å². The molecular weight excluding hydrogens is 268 g/mol. The second-order valence-electron chi connectivity index (χ2n) is 4.77. The summed E-state index contributed by atoms with van der Waals surface area (Å²) >= 11 is 0. The van der Waals surface area contributed by atoms with Crippen LogP contribution in [0.5, 0.6) is 5.75 Å². The summed E-state index contributed by atoms with van der Waals surface area (Å²) < 4.78 is 5.65. The Morgan fingerprint density at radius 2 is 2.05 bits per heavy atom. The maximum absolute atomic E-state index is 11.7. The van der Waals surface area contributed by atoms with E-state index in [1.165, 1.54) is 7.05 Å². The van der Waals surface area contributed by atoms with E-state index in [-0.39, 0.29) is 23.7 Å². The zero-order valence-corrected chi connectivity index (χ0v) is 12.3. The van der Waals surface area contributed by atoms with Crippen LogP contribution in [0, 0.1) is 0 Å². The van der Waals surface area contributed by atoms with Gasteiger partial charge in [0.25, 0.3) is 5.91 Å². The van der Waals surface area contributed by atoms with Gasteiger partial charge in [0.15, 0.2) is 0 Å². The molecule has 3 N–H and O–H groups in total. The van der Waals surface area contributed by atoms with Crippen molar-refractivity contribution in [1.29, 1.82) is 0 Å². The van der Waals surface area contributed by atoms with Crippen molar-refractivity contribution in [3.8, 4) is 17.0 Å². The van der Waals surface area contributed by atoms with E-state index in [1.807, 2.05) is 38.1 Å². The van der Waals surface area contributed by atoms with E-state index in [1.54, 1.807) is 6.07 Å². The molecule has 1 amide bonds. The Labute approximate surface area is 123 Å². The fourth-order valence-corrected chi connectivity index (χ4v) is 1.86. The first-order valence-electron chi connectivity index (χ1n) is 6.63. The standard InChI is InChI=1S/C15H18N4O2/c1-9(2)21-11-6-4-5-10(7-11)12-8-13(14(20)17-3)19-15(16)18-12/h4-9H,1-3H3,(H,17,20)(H2,16,18,19). The molecular formula is C15H18N4O2. The average molecular weight is 286 g/mol. The third kappa shape index (κ3) is 3.68. The zero-order chi connectivity index (χ0) is 15.4. The van der Waals surface area contributed by atoms with Crippen LogP contribution >= 0.6 is 0 Å². The highest BCUT2D eigenvalue weighted by Gasteiger charge is 2.11. The second kappa shape index (κ2) is 6.21. The van der Waals surface area contributed by atoms with Crippen LogP contribution in [0.4, 0.5) is 5.95 Å². The number of amides is 1. The van der Waals surface area contributed by atoms with Crippen LogP contribution in [0.25, 0.3) is 11.3 Å². The molecule has 0 fully saturated rings. The van der Waals surface area contributed by atoms with E-state index in [2.05, 4.69) is 15.3 Å². The van der Waals surface area contributed by atoms with E-state index in [0.717, 1.165) is 11.3 Å². The highest BCUT2D eigenvalue weighted by atomic mass is 16.5. The minimum atomic E-state index is -0.306. The van der Waals surface area contributed by atoms with Crippen LogP contribution in [0.15, 0.2) is 30.3 Å². The van der Waals surface area contributed by atoms with Gasteiger partial charge in [0.1, 0.15) is 11.4 Å². The maximum atomic E-state index is 11.7. The van der Waals surface area contributed by atoms with Crippen molar-refractivity contribution >= 4 is 11.9 Å². The lowest BCUT2D eigenvalue weighted by Crippen LogP contribution is -2.20. The number of carbonyl (C=O) groups excluding carboxylic acids is 1. The number of anilines is 1. The SMILES string of the molecule is CNC(=O)c1cc(-c2cccc(OC(C)C)c2)nc(N)n1. The Kier molecular flexibility index (Phi) is 4.37. The predicted octanol–water partition coefficient (Wildman–Crippen LogP) is 1.87. The van der Waals surface area contributed by atoms with Gasteiger partial charge in [0, 0.05) is 12.6 Å². The number of carbonyl (C=O) groups is 1. The average Bonchev–Trinajstić information content (AvgIpc) is 2.45. The number of aromatic nitrogens is 2. The van der Waals surface area contributed by atoms with Crippen molar-refractivity contribution in [2.45, 2.75) is 20.0 Å². The van der Waals surface area contributed by atoms with Gasteiger partial charge in [-0.3, -0.25) is 4.79 Å². The molecule has 0 bridgehead atoms. The number of ether oxygens (including phenoxy) is 1. The molecule has 6 nitrogen and oxygen atoms in total. The Hall–Kier alpha value is -2.63. The van der Waals surface area contributed by atoms with Gasteiger partial charge in [0.2, 0.25) is 5.95 Å². The molecule has 0 aliphatic carbocycles. The molecule has 0 spiro atoms. The molecule has 0 saturated heterocycles. The first-order chi connectivity index (χ1) is 9.99. The molecule has 1 aromatic carbocycles. The van der Waals surface area contributed by atoms with Crippen LogP contribution < -0.4 is 15.8 Å². The number of nitrogens with two attached hydrogens (primary N) is 1. The lowest BCUT2D eigenvalue weighted by molar-refractivity contribution is 0.0958. The molecule has 2 aromatic rings. The summed E-state index contributed by atoms with van der Waals surface area (Å²) in [6.07, 6.45) is 0.0807. The zero-order valence-electron chi connectivity index (χ0n) is 12.3. The number of nitrogen functional groups attached to an aromatic ring is 1. The topological polar surface area (TPSA) is 90.1 Å². The molecule has 0 aliphatic heterocycles. The summed E-state index contributed by atoms with van der Waals surface area (Å²) in [5.41, 5.74) is 7.30. The Bertz CT molecular complexity index is 656. The summed E-state index contributed by atoms with van der Waals surface area (Å²) in [6, 6.07) is 9.07. The first-order valence-corrected chi connectivity index (χ1v) is 6.63. The second-order valence-corrected chi connectivity index (χ2v) is 4.77. The summed E-state index contributed by atoms with van der Waals surface area (Å²) in [5.74, 6) is 0.488. The fourth-order valence-electron chi connectivity index (χ4n) is 1.86. The van der Waals surface area contributed by atoms with E-state index in [9.17, 15) is 4.79 Å². The maximum Gasteiger partial charge on any atom is 0.269 e. The largest absolute Gasteiger partial charge is 0.491 e. The van der Waals surface area contributed by atoms with Gasteiger partial charge in [-0.05, 0) is 32.0 Å². The highest BCUT2D eigenvalue weighted by molar-refractivity contribution is 5.93. The highest BCUT2D eigenvalue weighted by Crippen LogP contribution is 2.24. The van der Waals surface area contributed by atoms with Gasteiger partial charge in [-0.25, -0.2) is 9.97 Å². The van der Waals surface area contributed by atoms with Gasteiger partial charge in [-0.2, -0.15) is 0 Å². The number of hydrogen-bond acceptors (Lipinski definition) is 5. The predicted molar refractivity (Wildman–Crippen MR) is 81.0 cm³/mol. The quantitative estimate of drug-likeness (QED) is 0.895. The normalized spacial score (nSPS) is 10.5. The van der Waals surface area contributed by atoms with Crippen molar-refractivity contribution in [2.75, 3.05) is 12.8 Å². The third-order valence-electron chi connectivity index (χ3n) is 2.70. The number of hydrogen-bond donors (Lipinski definition) is 2. The van der Waals surface area contributed by atoms with Crippen molar-refractivity contribution in [3.63, 3.8) is 0 Å². The molecule has 0 atom stereocenters. The Morgan fingerprint density at radius 3 is 2.71 bits per heavy atom. The summed E-state index contributed by atoms with van der Waals surface area (Å²) in [7, 11) is 1.54. The van der Waals surface area contributed by atoms with E-state index < -0.39 is 0 Å². The van der Waals surface area contributed by atoms with Crippen molar-refractivity contribution in [2.24, 2.45) is 0 Å². The van der Waals surface area contributed by atoms with Crippen molar-refractivity contribution in [1.82, 2.24) is 15.3 Å². The molecule has 0 radical (unpaired) electrons. The molecule has 110 valence electrons. The Morgan fingerprint density at radius 1 is 1.29 bits per heavy atom. The monoisotopic (exact) mass is 286 g/mol. The molecule has 0 aliphatic rings. The fraction of sp³-hybridized carbons (Fsp3) is 0.267. The smallest absolute Gasteiger partial charge is 0.269 e. The molecule has 0 saturated carbocycles. The minimum Gasteiger partial charge on any atom is -0.491 e. The van der Waals surface area contributed by atoms with Crippen molar-refractivity contribution in [3.05, 3.63) is 36.0 Å². The van der Waals surface area contributed by atoms with Gasteiger partial charge >= 0.3 is 0 Å². The van der Waals surface area contributed by atoms with Crippen molar-refractivity contribution < 1.29 is 9.53 Å². The van der Waals surface area contributed by atoms with Gasteiger partial charge in [-0.1, -0.05) is 12.1 Å². The molecule has 1 heterocycles. The number of benzene rings is 1. The lowest BCUT2D eigenvalue weighted by Gasteiger charge is -2.11. The Balaban J connectivity index is 2.41. The molecule has 2 rings (SSSR count). The molecule has 21 heavy (non-hydrogen) atoms. The van der Waals surface area contributed by atoms with Crippen LogP contribution in [0.2, 0.25) is 0 Å². The number of nitrogens with one attached hydrogen (secondary N) is 1. The van der Waals surface area contributed by atoms with Crippen LogP contribution in [0.3, 0.4) is 0 Å². The lowest BCUT2D eigenvalue weighted by atomic mass is 10.1. The molecule has 6 heteroatoms. The molecule has 0 unspecified atom stereocenters. The van der Waals surface area contributed by atoms with E-state index >= 15 is 0 Å². The summed E-state index contributed by atoms with van der Waals surface area (Å²) in [5, 5.41) is 2.52. The number of nitrogens with zero attached hydrogens (tertiary/aromatic N) is 2. The third-order valence-corrected chi connectivity index (χ3v) is 2.70. The van der Waals surface area contributed by atoms with E-state index in [0.29, 0.717) is 5.69 Å². The number of rotatable bonds is 4. The summed E-state index contributed by atoms with van der Waals surface area (Å²) in [6.45, 7) is 3.91. The van der Waals surface area contributed by atoms with E-state index in [4.69, 9.17) is 10.5 Å². The first kappa shape index (κ1) is 14.8. The van der Waals surface area contributed by atoms with Gasteiger partial charge < -0.3 is 15.8 Å². The van der Waals surface area contributed by atoms with Gasteiger partial charge in [0.05, 0.1) is 11.8 Å². The summed E-state index contributed by atoms with van der Waals surface area (Å²) in [4.78, 5) is 19.8. The molecule has 1 aromatic heterocycles.